The molecule has 2 aromatic heterocycles. The van der Waals surface area contributed by atoms with Gasteiger partial charge in [0.2, 0.25) is 0 Å². The zero-order valence-corrected chi connectivity index (χ0v) is 17.7. The number of hydrogen-bond donors (Lipinski definition) is 1. The summed E-state index contributed by atoms with van der Waals surface area (Å²) >= 11 is 0. The molecule has 9 heteroatoms. The molecule has 2 amide bonds. The van der Waals surface area contributed by atoms with Crippen molar-refractivity contribution in [2.45, 2.75) is 19.5 Å². The van der Waals surface area contributed by atoms with Crippen LogP contribution in [-0.2, 0) is 6.18 Å². The van der Waals surface area contributed by atoms with Crippen LogP contribution in [0.5, 0.6) is 0 Å². The summed E-state index contributed by atoms with van der Waals surface area (Å²) in [6.45, 7) is 4.71. The van der Waals surface area contributed by atoms with Gasteiger partial charge < -0.3 is 15.1 Å². The number of nitrogens with one attached hydrogen (secondary N) is 1. The quantitative estimate of drug-likeness (QED) is 0.645. The minimum Gasteiger partial charge on any atom is -0.354 e. The van der Waals surface area contributed by atoms with Crippen LogP contribution in [0, 0.1) is 0 Å². The minimum absolute atomic E-state index is 0.108. The molecule has 1 aliphatic rings. The highest BCUT2D eigenvalue weighted by Crippen LogP contribution is 2.36. The first-order valence-electron chi connectivity index (χ1n) is 10.6. The topological polar surface area (TPSA) is 61.4 Å². The van der Waals surface area contributed by atoms with Crippen LogP contribution in [0.3, 0.4) is 0 Å². The Balaban J connectivity index is 1.75. The first-order chi connectivity index (χ1) is 15.4. The van der Waals surface area contributed by atoms with Crippen LogP contribution in [-0.4, -0.2) is 53.6 Å². The largest absolute Gasteiger partial charge is 0.433 e. The SMILES string of the molecule is CCNC(=O)N1CCCN(c2ncc(-c3ccccc3)c3nc(C(F)(F)F)ccc23)CC1. The lowest BCUT2D eigenvalue weighted by molar-refractivity contribution is -0.140. The second-order valence-electron chi connectivity index (χ2n) is 7.62. The Morgan fingerprint density at radius 3 is 2.56 bits per heavy atom. The molecule has 168 valence electrons. The monoisotopic (exact) mass is 443 g/mol. The van der Waals surface area contributed by atoms with E-state index < -0.39 is 11.9 Å². The van der Waals surface area contributed by atoms with Gasteiger partial charge in [-0.2, -0.15) is 13.2 Å². The normalized spacial score (nSPS) is 15.0. The Hall–Kier alpha value is -3.36. The number of benzene rings is 1. The van der Waals surface area contributed by atoms with E-state index in [1.807, 2.05) is 42.2 Å². The molecule has 0 unspecified atom stereocenters. The van der Waals surface area contributed by atoms with Crippen LogP contribution in [0.15, 0.2) is 48.7 Å². The molecule has 4 rings (SSSR count). The van der Waals surface area contributed by atoms with Crippen molar-refractivity contribution in [1.29, 1.82) is 0 Å². The molecule has 0 bridgehead atoms. The molecule has 0 atom stereocenters. The molecule has 0 radical (unpaired) electrons. The van der Waals surface area contributed by atoms with E-state index in [1.54, 1.807) is 11.1 Å². The number of aromatic nitrogens is 2. The fourth-order valence-electron chi connectivity index (χ4n) is 3.94. The standard InChI is InChI=1S/C23H24F3N5O/c1-2-27-22(32)31-12-6-11-30(13-14-31)21-17-9-10-19(23(24,25)26)29-20(17)18(15-28-21)16-7-4-3-5-8-16/h3-5,7-10,15H,2,6,11-14H2,1H3,(H,27,32). The molecule has 1 aromatic carbocycles. The molecule has 6 nitrogen and oxygen atoms in total. The van der Waals surface area contributed by atoms with Gasteiger partial charge in [0, 0.05) is 49.9 Å². The Labute approximate surface area is 184 Å². The van der Waals surface area contributed by atoms with Crippen LogP contribution < -0.4 is 10.2 Å². The maximum absolute atomic E-state index is 13.4. The molecular weight excluding hydrogens is 419 g/mol. The zero-order valence-electron chi connectivity index (χ0n) is 17.7. The number of carbonyl (C=O) groups is 1. The van der Waals surface area contributed by atoms with Crippen LogP contribution in [0.4, 0.5) is 23.8 Å². The number of amides is 2. The van der Waals surface area contributed by atoms with Gasteiger partial charge in [0.1, 0.15) is 11.5 Å². The molecule has 0 aliphatic carbocycles. The number of urea groups is 1. The van der Waals surface area contributed by atoms with Crippen molar-refractivity contribution in [3.8, 4) is 11.1 Å². The molecule has 0 spiro atoms. The summed E-state index contributed by atoms with van der Waals surface area (Å²) in [5, 5.41) is 3.37. The van der Waals surface area contributed by atoms with Gasteiger partial charge in [-0.3, -0.25) is 0 Å². The minimum atomic E-state index is -4.54. The zero-order chi connectivity index (χ0) is 22.7. The molecule has 3 aromatic rings. The van der Waals surface area contributed by atoms with Gasteiger partial charge in [-0.05, 0) is 31.0 Å². The van der Waals surface area contributed by atoms with Crippen molar-refractivity contribution in [3.63, 3.8) is 0 Å². The summed E-state index contributed by atoms with van der Waals surface area (Å²) < 4.78 is 40.2. The van der Waals surface area contributed by atoms with Crippen molar-refractivity contribution in [2.75, 3.05) is 37.6 Å². The van der Waals surface area contributed by atoms with E-state index >= 15 is 0 Å². The summed E-state index contributed by atoms with van der Waals surface area (Å²) in [6, 6.07) is 11.5. The van der Waals surface area contributed by atoms with Crippen molar-refractivity contribution < 1.29 is 18.0 Å². The number of anilines is 1. The maximum atomic E-state index is 13.4. The Morgan fingerprint density at radius 2 is 1.84 bits per heavy atom. The van der Waals surface area contributed by atoms with Gasteiger partial charge in [0.15, 0.2) is 0 Å². The summed E-state index contributed by atoms with van der Waals surface area (Å²) in [5.41, 5.74) is 0.634. The van der Waals surface area contributed by atoms with Crippen molar-refractivity contribution >= 4 is 22.8 Å². The highest BCUT2D eigenvalue weighted by molar-refractivity contribution is 5.99. The van der Waals surface area contributed by atoms with Gasteiger partial charge in [0.25, 0.3) is 0 Å². The van der Waals surface area contributed by atoms with Crippen LogP contribution in [0.2, 0.25) is 0 Å². The molecule has 1 N–H and O–H groups in total. The number of carbonyl (C=O) groups excluding carboxylic acids is 1. The van der Waals surface area contributed by atoms with E-state index in [9.17, 15) is 18.0 Å². The summed E-state index contributed by atoms with van der Waals surface area (Å²) in [5.74, 6) is 0.582. The fourth-order valence-corrected chi connectivity index (χ4v) is 3.94. The number of nitrogens with zero attached hydrogens (tertiary/aromatic N) is 4. The van der Waals surface area contributed by atoms with Crippen molar-refractivity contribution in [2.24, 2.45) is 0 Å². The lowest BCUT2D eigenvalue weighted by Crippen LogP contribution is -2.42. The summed E-state index contributed by atoms with van der Waals surface area (Å²) in [7, 11) is 0. The number of pyridine rings is 2. The molecule has 1 fully saturated rings. The number of fused-ring (bicyclic) bond motifs is 1. The lowest BCUT2D eigenvalue weighted by Gasteiger charge is -2.24. The van der Waals surface area contributed by atoms with E-state index in [2.05, 4.69) is 15.3 Å². The molecule has 1 aliphatic heterocycles. The molecule has 3 heterocycles. The first kappa shape index (κ1) is 21.9. The Bertz CT molecular complexity index is 1100. The lowest BCUT2D eigenvalue weighted by atomic mass is 10.0. The van der Waals surface area contributed by atoms with Crippen LogP contribution >= 0.6 is 0 Å². The van der Waals surface area contributed by atoms with E-state index in [-0.39, 0.29) is 11.5 Å². The first-order valence-corrected chi connectivity index (χ1v) is 10.6. The van der Waals surface area contributed by atoms with Gasteiger partial charge >= 0.3 is 12.2 Å². The third-order valence-electron chi connectivity index (χ3n) is 5.49. The highest BCUT2D eigenvalue weighted by Gasteiger charge is 2.33. The van der Waals surface area contributed by atoms with Gasteiger partial charge in [-0.25, -0.2) is 14.8 Å². The average Bonchev–Trinajstić information content (AvgIpc) is 3.04. The maximum Gasteiger partial charge on any atom is 0.433 e. The number of rotatable bonds is 3. The second kappa shape index (κ2) is 9.02. The van der Waals surface area contributed by atoms with Gasteiger partial charge in [-0.15, -0.1) is 0 Å². The van der Waals surface area contributed by atoms with E-state index in [1.165, 1.54) is 6.07 Å². The average molecular weight is 443 g/mol. The van der Waals surface area contributed by atoms with Gasteiger partial charge in [0.05, 0.1) is 5.52 Å². The number of alkyl halides is 3. The molecule has 0 saturated carbocycles. The van der Waals surface area contributed by atoms with Gasteiger partial charge in [-0.1, -0.05) is 30.3 Å². The third kappa shape index (κ3) is 4.46. The van der Waals surface area contributed by atoms with E-state index in [0.717, 1.165) is 18.1 Å². The van der Waals surface area contributed by atoms with Crippen LogP contribution in [0.25, 0.3) is 22.0 Å². The smallest absolute Gasteiger partial charge is 0.354 e. The summed E-state index contributed by atoms with van der Waals surface area (Å²) in [6.07, 6.45) is -2.22. The molecule has 1 saturated heterocycles. The third-order valence-corrected chi connectivity index (χ3v) is 5.49. The van der Waals surface area contributed by atoms with Crippen molar-refractivity contribution in [1.82, 2.24) is 20.2 Å². The summed E-state index contributed by atoms with van der Waals surface area (Å²) in [4.78, 5) is 24.6. The molecule has 32 heavy (non-hydrogen) atoms. The highest BCUT2D eigenvalue weighted by atomic mass is 19.4. The van der Waals surface area contributed by atoms with E-state index in [4.69, 9.17) is 0 Å². The molecular formula is C23H24F3N5O. The Kier molecular flexibility index (Phi) is 6.16. The second-order valence-corrected chi connectivity index (χ2v) is 7.62. The predicted molar refractivity (Wildman–Crippen MR) is 117 cm³/mol. The fraction of sp³-hybridized carbons (Fsp3) is 0.348. The van der Waals surface area contributed by atoms with Crippen LogP contribution in [0.1, 0.15) is 19.0 Å². The van der Waals surface area contributed by atoms with E-state index in [0.29, 0.717) is 49.5 Å². The predicted octanol–water partition coefficient (Wildman–Crippen LogP) is 4.56. The Morgan fingerprint density at radius 1 is 1.06 bits per heavy atom. The number of hydrogen-bond acceptors (Lipinski definition) is 4. The van der Waals surface area contributed by atoms with Crippen molar-refractivity contribution in [3.05, 3.63) is 54.4 Å². The number of halogens is 3.